The summed E-state index contributed by atoms with van der Waals surface area (Å²) in [6, 6.07) is 12.1. The lowest BCUT2D eigenvalue weighted by atomic mass is 10.0. The van der Waals surface area contributed by atoms with E-state index in [-0.39, 0.29) is 5.91 Å². The van der Waals surface area contributed by atoms with Gasteiger partial charge in [-0.2, -0.15) is 0 Å². The Balaban J connectivity index is 1.25. The number of nitrogens with two attached hydrogens (primary N) is 1. The summed E-state index contributed by atoms with van der Waals surface area (Å²) in [6.45, 7) is 4.15. The zero-order chi connectivity index (χ0) is 22.1. The van der Waals surface area contributed by atoms with Gasteiger partial charge in [-0.3, -0.25) is 4.79 Å². The molecule has 32 heavy (non-hydrogen) atoms. The van der Waals surface area contributed by atoms with E-state index in [1.165, 1.54) is 0 Å². The minimum absolute atomic E-state index is 0.387. The summed E-state index contributed by atoms with van der Waals surface area (Å²) in [7, 11) is 1.70. The SMILES string of the molecule is COc1ccc2c(c1CCN1CCC(n3ccc4ccc(C(N)=O)cc43)CC1)OCCO2. The first-order valence-corrected chi connectivity index (χ1v) is 11.2. The van der Waals surface area contributed by atoms with Crippen molar-refractivity contribution in [1.82, 2.24) is 9.47 Å². The summed E-state index contributed by atoms with van der Waals surface area (Å²) in [5.74, 6) is 2.10. The summed E-state index contributed by atoms with van der Waals surface area (Å²) in [5.41, 5.74) is 8.21. The highest BCUT2D eigenvalue weighted by Crippen LogP contribution is 2.40. The van der Waals surface area contributed by atoms with Crippen LogP contribution in [0.2, 0.25) is 0 Å². The van der Waals surface area contributed by atoms with Gasteiger partial charge in [-0.05, 0) is 55.0 Å². The molecule has 2 aliphatic rings. The van der Waals surface area contributed by atoms with Gasteiger partial charge in [-0.15, -0.1) is 0 Å². The van der Waals surface area contributed by atoms with Gasteiger partial charge >= 0.3 is 0 Å². The van der Waals surface area contributed by atoms with Crippen LogP contribution in [0.15, 0.2) is 42.6 Å². The van der Waals surface area contributed by atoms with E-state index in [2.05, 4.69) is 21.7 Å². The molecular formula is C25H29N3O4. The third-order valence-electron chi connectivity index (χ3n) is 6.62. The van der Waals surface area contributed by atoms with Crippen LogP contribution in [-0.4, -0.2) is 55.3 Å². The predicted octanol–water partition coefficient (Wildman–Crippen LogP) is 3.40. The highest BCUT2D eigenvalue weighted by Gasteiger charge is 2.24. The predicted molar refractivity (Wildman–Crippen MR) is 123 cm³/mol. The second-order valence-electron chi connectivity index (χ2n) is 8.45. The van der Waals surface area contributed by atoms with Crippen molar-refractivity contribution >= 4 is 16.8 Å². The summed E-state index contributed by atoms with van der Waals surface area (Å²) in [6.07, 6.45) is 5.12. The minimum atomic E-state index is -0.387. The molecule has 0 aliphatic carbocycles. The first-order valence-electron chi connectivity index (χ1n) is 11.2. The first kappa shape index (κ1) is 20.7. The van der Waals surface area contributed by atoms with Crippen LogP contribution >= 0.6 is 0 Å². The molecule has 1 saturated heterocycles. The molecule has 168 valence electrons. The molecule has 1 fully saturated rings. The van der Waals surface area contributed by atoms with Gasteiger partial charge < -0.3 is 29.4 Å². The fourth-order valence-electron chi connectivity index (χ4n) is 4.90. The second kappa shape index (κ2) is 8.74. The highest BCUT2D eigenvalue weighted by molar-refractivity contribution is 5.97. The Morgan fingerprint density at radius 2 is 1.94 bits per heavy atom. The number of fused-ring (bicyclic) bond motifs is 2. The summed E-state index contributed by atoms with van der Waals surface area (Å²) in [5, 5.41) is 1.14. The maximum atomic E-state index is 11.6. The number of carbonyl (C=O) groups is 1. The van der Waals surface area contributed by atoms with Crippen LogP contribution < -0.4 is 19.9 Å². The van der Waals surface area contributed by atoms with E-state index in [4.69, 9.17) is 19.9 Å². The average molecular weight is 436 g/mol. The summed E-state index contributed by atoms with van der Waals surface area (Å²) < 4.78 is 19.6. The van der Waals surface area contributed by atoms with Crippen molar-refractivity contribution in [2.45, 2.75) is 25.3 Å². The van der Waals surface area contributed by atoms with Crippen LogP contribution in [0.25, 0.3) is 10.9 Å². The fourth-order valence-corrected chi connectivity index (χ4v) is 4.90. The van der Waals surface area contributed by atoms with Crippen LogP contribution in [0.1, 0.15) is 34.8 Å². The van der Waals surface area contributed by atoms with Crippen molar-refractivity contribution in [2.75, 3.05) is 40.0 Å². The number of rotatable bonds is 6. The van der Waals surface area contributed by atoms with E-state index in [9.17, 15) is 4.79 Å². The molecule has 2 N–H and O–H groups in total. The van der Waals surface area contributed by atoms with Gasteiger partial charge in [0.15, 0.2) is 11.5 Å². The first-order chi connectivity index (χ1) is 15.6. The third-order valence-corrected chi connectivity index (χ3v) is 6.62. The molecule has 0 atom stereocenters. The van der Waals surface area contributed by atoms with Gasteiger partial charge in [0.2, 0.25) is 5.91 Å². The van der Waals surface area contributed by atoms with Crippen LogP contribution in [0, 0.1) is 0 Å². The van der Waals surface area contributed by atoms with Gasteiger partial charge in [0, 0.05) is 48.5 Å². The van der Waals surface area contributed by atoms with Crippen LogP contribution in [-0.2, 0) is 6.42 Å². The number of piperidine rings is 1. The zero-order valence-electron chi connectivity index (χ0n) is 18.4. The van der Waals surface area contributed by atoms with Gasteiger partial charge in [0.1, 0.15) is 19.0 Å². The zero-order valence-corrected chi connectivity index (χ0v) is 18.4. The Morgan fingerprint density at radius 3 is 2.72 bits per heavy atom. The number of carbonyl (C=O) groups excluding carboxylic acids is 1. The number of aromatic nitrogens is 1. The van der Waals surface area contributed by atoms with Crippen molar-refractivity contribution in [2.24, 2.45) is 5.73 Å². The lowest BCUT2D eigenvalue weighted by Crippen LogP contribution is -2.36. The molecule has 1 amide bonds. The van der Waals surface area contributed by atoms with E-state index in [1.807, 2.05) is 24.3 Å². The molecule has 0 saturated carbocycles. The minimum Gasteiger partial charge on any atom is -0.496 e. The van der Waals surface area contributed by atoms with E-state index in [0.717, 1.165) is 72.6 Å². The molecule has 2 aliphatic heterocycles. The molecule has 0 spiro atoms. The molecule has 2 aromatic carbocycles. The maximum Gasteiger partial charge on any atom is 0.248 e. The number of methoxy groups -OCH3 is 1. The Bertz CT molecular complexity index is 1130. The number of likely N-dealkylation sites (tertiary alicyclic amines) is 1. The largest absolute Gasteiger partial charge is 0.496 e. The average Bonchev–Trinajstić information content (AvgIpc) is 3.26. The van der Waals surface area contributed by atoms with Gasteiger partial charge in [-0.25, -0.2) is 0 Å². The summed E-state index contributed by atoms with van der Waals surface area (Å²) >= 11 is 0. The molecule has 7 nitrogen and oxygen atoms in total. The number of ether oxygens (including phenoxy) is 3. The lowest BCUT2D eigenvalue weighted by Gasteiger charge is -2.33. The van der Waals surface area contributed by atoms with Gasteiger partial charge in [0.25, 0.3) is 0 Å². The van der Waals surface area contributed by atoms with Crippen molar-refractivity contribution in [3.05, 3.63) is 53.7 Å². The Kier molecular flexibility index (Phi) is 5.66. The number of nitrogens with zero attached hydrogens (tertiary/aromatic N) is 2. The molecule has 5 rings (SSSR count). The van der Waals surface area contributed by atoms with E-state index in [1.54, 1.807) is 13.2 Å². The summed E-state index contributed by atoms with van der Waals surface area (Å²) in [4.78, 5) is 14.1. The number of benzene rings is 2. The number of hydrogen-bond donors (Lipinski definition) is 1. The Hall–Kier alpha value is -3.19. The molecule has 1 aromatic heterocycles. The monoisotopic (exact) mass is 435 g/mol. The van der Waals surface area contributed by atoms with E-state index < -0.39 is 0 Å². The molecule has 3 heterocycles. The Labute approximate surface area is 187 Å². The smallest absolute Gasteiger partial charge is 0.248 e. The van der Waals surface area contributed by atoms with Crippen molar-refractivity contribution in [3.8, 4) is 17.2 Å². The molecule has 0 radical (unpaired) electrons. The molecule has 3 aromatic rings. The number of amides is 1. The number of primary amides is 1. The van der Waals surface area contributed by atoms with Crippen molar-refractivity contribution in [3.63, 3.8) is 0 Å². The normalized spacial score (nSPS) is 16.9. The quantitative estimate of drug-likeness (QED) is 0.642. The fraction of sp³-hybridized carbons (Fsp3) is 0.400. The van der Waals surface area contributed by atoms with Crippen LogP contribution in [0.3, 0.4) is 0 Å². The molecule has 0 unspecified atom stereocenters. The molecular weight excluding hydrogens is 406 g/mol. The van der Waals surface area contributed by atoms with Crippen LogP contribution in [0.5, 0.6) is 17.2 Å². The maximum absolute atomic E-state index is 11.6. The van der Waals surface area contributed by atoms with E-state index in [0.29, 0.717) is 24.8 Å². The standard InChI is InChI=1S/C25H29N3O4/c1-30-22-4-5-23-24(32-15-14-31-23)20(22)9-12-27-10-7-19(8-11-27)28-13-6-17-2-3-18(25(26)29)16-21(17)28/h2-6,13,16,19H,7-12,14-15H2,1H3,(H2,26,29). The highest BCUT2D eigenvalue weighted by atomic mass is 16.6. The van der Waals surface area contributed by atoms with E-state index >= 15 is 0 Å². The number of hydrogen-bond acceptors (Lipinski definition) is 5. The van der Waals surface area contributed by atoms with Crippen molar-refractivity contribution < 1.29 is 19.0 Å². The van der Waals surface area contributed by atoms with Crippen molar-refractivity contribution in [1.29, 1.82) is 0 Å². The van der Waals surface area contributed by atoms with Gasteiger partial charge in [0.05, 0.1) is 7.11 Å². The van der Waals surface area contributed by atoms with Gasteiger partial charge in [-0.1, -0.05) is 6.07 Å². The molecule has 0 bridgehead atoms. The topological polar surface area (TPSA) is 79.0 Å². The Morgan fingerprint density at radius 1 is 1.12 bits per heavy atom. The molecule has 7 heteroatoms. The second-order valence-corrected chi connectivity index (χ2v) is 8.45. The van der Waals surface area contributed by atoms with Crippen LogP contribution in [0.4, 0.5) is 0 Å². The third kappa shape index (κ3) is 3.88. The lowest BCUT2D eigenvalue weighted by molar-refractivity contribution is 0.100.